The molecule has 19 heteroatoms. The Hall–Kier alpha value is -5.27. The van der Waals surface area contributed by atoms with Crippen LogP contribution in [0.15, 0.2) is 92.8 Å². The summed E-state index contributed by atoms with van der Waals surface area (Å²) in [7, 11) is -9.65. The molecule has 46 heavy (non-hydrogen) atoms. The summed E-state index contributed by atoms with van der Waals surface area (Å²) in [6.45, 7) is 1.26. The maximum atomic E-state index is 12.1. The molecule has 0 fully saturated rings. The van der Waals surface area contributed by atoms with Crippen LogP contribution < -0.4 is 21.7 Å². The van der Waals surface area contributed by atoms with Crippen molar-refractivity contribution in [3.8, 4) is 0 Å². The van der Waals surface area contributed by atoms with E-state index >= 15 is 0 Å². The number of fused-ring (bicyclic) bond motifs is 1. The van der Waals surface area contributed by atoms with Gasteiger partial charge < -0.3 is 21.7 Å². The maximum absolute atomic E-state index is 12.1. The van der Waals surface area contributed by atoms with Gasteiger partial charge in [-0.1, -0.05) is 18.2 Å². The monoisotopic (exact) mass is 683 g/mol. The van der Waals surface area contributed by atoms with Crippen molar-refractivity contribution in [3.63, 3.8) is 0 Å². The fourth-order valence-electron chi connectivity index (χ4n) is 4.24. The Morgan fingerprint density at radius 1 is 0.783 bits per heavy atom. The predicted molar refractivity (Wildman–Crippen MR) is 171 cm³/mol. The molecular weight excluding hydrogens is 662 g/mol. The highest BCUT2D eigenvalue weighted by atomic mass is 35.5. The van der Waals surface area contributed by atoms with E-state index in [1.165, 1.54) is 37.3 Å². The van der Waals surface area contributed by atoms with E-state index in [2.05, 4.69) is 41.1 Å². The lowest BCUT2D eigenvalue weighted by Gasteiger charge is -2.11. The highest BCUT2D eigenvalue weighted by Crippen LogP contribution is 2.35. The summed E-state index contributed by atoms with van der Waals surface area (Å²) in [4.78, 5) is 23.1. The molecule has 0 unspecified atom stereocenters. The van der Waals surface area contributed by atoms with Gasteiger partial charge in [0.05, 0.1) is 11.4 Å². The summed E-state index contributed by atoms with van der Waals surface area (Å²) in [6.07, 6.45) is 0. The maximum Gasteiger partial charge on any atom is 0.295 e. The molecule has 236 valence electrons. The Labute approximate surface area is 266 Å². The average Bonchev–Trinajstić information content (AvgIpc) is 2.94. The van der Waals surface area contributed by atoms with Crippen LogP contribution in [0.3, 0.4) is 0 Å². The molecule has 0 saturated carbocycles. The molecule has 0 aliphatic heterocycles. The van der Waals surface area contributed by atoms with E-state index in [9.17, 15) is 30.7 Å². The van der Waals surface area contributed by atoms with E-state index in [-0.39, 0.29) is 45.0 Å². The minimum atomic E-state index is -4.86. The summed E-state index contributed by atoms with van der Waals surface area (Å²) in [5, 5.41) is 16.1. The minimum absolute atomic E-state index is 0.0538. The molecule has 16 nitrogen and oxygen atoms in total. The van der Waals surface area contributed by atoms with Gasteiger partial charge in [-0.3, -0.25) is 13.9 Å². The van der Waals surface area contributed by atoms with Crippen molar-refractivity contribution in [2.75, 3.05) is 21.7 Å². The van der Waals surface area contributed by atoms with E-state index in [4.69, 9.17) is 17.3 Å². The number of nitrogens with zero attached hydrogens (tertiary/aromatic N) is 5. The van der Waals surface area contributed by atoms with E-state index in [0.717, 1.165) is 12.1 Å². The van der Waals surface area contributed by atoms with Gasteiger partial charge in [-0.15, -0.1) is 5.11 Å². The Kier molecular flexibility index (Phi) is 8.81. The zero-order valence-corrected chi connectivity index (χ0v) is 25.8. The quantitative estimate of drug-likeness (QED) is 0.0628. The van der Waals surface area contributed by atoms with E-state index in [0.29, 0.717) is 17.1 Å². The molecule has 1 aromatic heterocycles. The highest BCUT2D eigenvalue weighted by molar-refractivity contribution is 7.86. The van der Waals surface area contributed by atoms with Crippen LogP contribution in [0.4, 0.5) is 46.0 Å². The van der Waals surface area contributed by atoms with E-state index in [1.54, 1.807) is 30.3 Å². The number of halogens is 1. The van der Waals surface area contributed by atoms with Crippen LogP contribution in [0.25, 0.3) is 10.8 Å². The van der Waals surface area contributed by atoms with Crippen molar-refractivity contribution in [1.29, 1.82) is 0 Å². The highest BCUT2D eigenvalue weighted by Gasteiger charge is 2.21. The van der Waals surface area contributed by atoms with Crippen LogP contribution in [0.1, 0.15) is 6.92 Å². The fourth-order valence-corrected chi connectivity index (χ4v) is 5.83. The number of carbonyl (C=O) groups excluding carboxylic acids is 1. The number of carbonyl (C=O) groups is 1. The van der Waals surface area contributed by atoms with Crippen molar-refractivity contribution in [2.24, 2.45) is 10.2 Å². The largest absolute Gasteiger partial charge is 0.399 e. The molecular formula is C27H22ClN9O7S2. The van der Waals surface area contributed by atoms with Gasteiger partial charge in [-0.2, -0.15) is 36.9 Å². The second-order valence-electron chi connectivity index (χ2n) is 9.49. The van der Waals surface area contributed by atoms with Gasteiger partial charge >= 0.3 is 0 Å². The Bertz CT molecular complexity index is 2270. The molecule has 4 aromatic carbocycles. The van der Waals surface area contributed by atoms with Crippen molar-refractivity contribution in [3.05, 3.63) is 78.1 Å². The minimum Gasteiger partial charge on any atom is -0.399 e. The van der Waals surface area contributed by atoms with Gasteiger partial charge in [0, 0.05) is 34.8 Å². The van der Waals surface area contributed by atoms with Crippen LogP contribution in [-0.2, 0) is 25.0 Å². The number of nitrogen functional groups attached to an aromatic ring is 1. The van der Waals surface area contributed by atoms with Crippen LogP contribution in [-0.4, -0.2) is 46.8 Å². The van der Waals surface area contributed by atoms with Crippen LogP contribution in [0.5, 0.6) is 0 Å². The number of nitrogens with one attached hydrogen (secondary N) is 3. The van der Waals surface area contributed by atoms with Gasteiger partial charge in [0.2, 0.25) is 23.1 Å². The topological polar surface area (TPSA) is 251 Å². The molecule has 0 spiro atoms. The molecule has 0 atom stereocenters. The molecule has 1 amide bonds. The van der Waals surface area contributed by atoms with Gasteiger partial charge in [-0.25, -0.2) is 0 Å². The average molecular weight is 684 g/mol. The number of nitrogens with two attached hydrogens (primary N) is 1. The van der Waals surface area contributed by atoms with Gasteiger partial charge in [0.15, 0.2) is 0 Å². The van der Waals surface area contributed by atoms with Gasteiger partial charge in [0.1, 0.15) is 15.5 Å². The van der Waals surface area contributed by atoms with Crippen molar-refractivity contribution in [1.82, 2.24) is 15.0 Å². The molecule has 7 N–H and O–H groups in total. The Balaban J connectivity index is 1.50. The number of amides is 1. The third-order valence-corrected chi connectivity index (χ3v) is 8.02. The first-order valence-corrected chi connectivity index (χ1v) is 16.1. The zero-order chi connectivity index (χ0) is 33.2. The molecule has 1 heterocycles. The molecule has 0 aliphatic carbocycles. The number of rotatable bonds is 9. The summed E-state index contributed by atoms with van der Waals surface area (Å²) in [5.41, 5.74) is 7.41. The number of hydrogen-bond donors (Lipinski definition) is 6. The molecule has 0 bridgehead atoms. The Morgan fingerprint density at radius 2 is 1.43 bits per heavy atom. The standard InChI is InChI=1S/C27H22ClN9O7S2/c1-14(38)30-22-12-17(32-27-34-25(28)33-26(35-27)31-16-5-2-4-15(29)10-16)8-9-21(22)37-36-18-11-20-19(24(13-18)46(42,43)44)6-3-7-23(20)45(39,40)41/h2-13H,29H2,1H3,(H,30,38)(H,39,40,41)(H,42,43,44)(H2,31,32,33,34,35). The molecule has 5 rings (SSSR count). The predicted octanol–water partition coefficient (Wildman–Crippen LogP) is 5.61. The Morgan fingerprint density at radius 3 is 2.07 bits per heavy atom. The number of azo groups is 1. The van der Waals surface area contributed by atoms with Crippen LogP contribution >= 0.6 is 11.6 Å². The van der Waals surface area contributed by atoms with Gasteiger partial charge in [-0.05, 0) is 66.2 Å². The number of benzene rings is 4. The summed E-state index contributed by atoms with van der Waals surface area (Å²) in [5.74, 6) is -0.280. The molecule has 0 aliphatic rings. The lowest BCUT2D eigenvalue weighted by molar-refractivity contribution is -0.114. The van der Waals surface area contributed by atoms with Crippen LogP contribution in [0.2, 0.25) is 5.28 Å². The lowest BCUT2D eigenvalue weighted by Crippen LogP contribution is -2.07. The number of hydrogen-bond acceptors (Lipinski definition) is 13. The zero-order valence-electron chi connectivity index (χ0n) is 23.4. The molecule has 5 aromatic rings. The van der Waals surface area contributed by atoms with Crippen molar-refractivity contribution < 1.29 is 30.7 Å². The van der Waals surface area contributed by atoms with E-state index in [1.807, 2.05) is 0 Å². The molecule has 0 radical (unpaired) electrons. The second kappa shape index (κ2) is 12.6. The normalized spacial score (nSPS) is 11.9. The first-order valence-electron chi connectivity index (χ1n) is 12.8. The first-order chi connectivity index (χ1) is 21.7. The second-order valence-corrected chi connectivity index (χ2v) is 12.6. The number of anilines is 6. The van der Waals surface area contributed by atoms with Gasteiger partial charge in [0.25, 0.3) is 20.2 Å². The van der Waals surface area contributed by atoms with Crippen molar-refractivity contribution >= 4 is 94.5 Å². The summed E-state index contributed by atoms with van der Waals surface area (Å²) in [6, 6.07) is 17.0. The lowest BCUT2D eigenvalue weighted by atomic mass is 10.1. The third-order valence-electron chi connectivity index (χ3n) is 6.05. The first kappa shape index (κ1) is 32.1. The smallest absolute Gasteiger partial charge is 0.295 e. The summed E-state index contributed by atoms with van der Waals surface area (Å²) < 4.78 is 67.6. The molecule has 0 saturated heterocycles. The SMILES string of the molecule is CC(=O)Nc1cc(Nc2nc(Cl)nc(Nc3cccc(N)c3)n2)ccc1N=Nc1cc(S(=O)(=O)O)c2cccc(S(=O)(=O)O)c2c1. The van der Waals surface area contributed by atoms with Crippen LogP contribution in [0, 0.1) is 0 Å². The number of aromatic nitrogens is 3. The summed E-state index contributed by atoms with van der Waals surface area (Å²) >= 11 is 6.10. The van der Waals surface area contributed by atoms with E-state index < -0.39 is 35.9 Å². The third kappa shape index (κ3) is 7.68. The fraction of sp³-hybridized carbons (Fsp3) is 0.0370. The van der Waals surface area contributed by atoms with Crippen molar-refractivity contribution in [2.45, 2.75) is 16.7 Å².